The van der Waals surface area contributed by atoms with Gasteiger partial charge in [0.1, 0.15) is 11.5 Å². The molecular weight excluding hydrogens is 366 g/mol. The molecule has 0 atom stereocenters. The van der Waals surface area contributed by atoms with Gasteiger partial charge in [-0.1, -0.05) is 17.7 Å². The minimum Gasteiger partial charge on any atom is -0.479 e. The molecule has 8 heteroatoms. The second-order valence-electron chi connectivity index (χ2n) is 5.75. The lowest BCUT2D eigenvalue weighted by atomic mass is 10.0. The topological polar surface area (TPSA) is 81.7 Å². The van der Waals surface area contributed by atoms with Gasteiger partial charge < -0.3 is 4.74 Å². The normalized spacial score (nSPS) is 11.6. The Bertz CT molecular complexity index is 1120. The summed E-state index contributed by atoms with van der Waals surface area (Å²) >= 11 is 6.47. The van der Waals surface area contributed by atoms with E-state index in [-0.39, 0.29) is 11.5 Å². The number of aryl methyl sites for hydroxylation is 2. The van der Waals surface area contributed by atoms with Crippen LogP contribution in [0.1, 0.15) is 18.3 Å². The molecule has 2 heterocycles. The van der Waals surface area contributed by atoms with Gasteiger partial charge in [0.25, 0.3) is 5.56 Å². The molecule has 138 valence electrons. The second kappa shape index (κ2) is 7.67. The molecule has 0 fully saturated rings. The summed E-state index contributed by atoms with van der Waals surface area (Å²) in [6.45, 7) is 7.50. The molecule has 0 saturated heterocycles. The lowest BCUT2D eigenvalue weighted by molar-refractivity contribution is 0.403. The second-order valence-corrected chi connectivity index (χ2v) is 6.16. The van der Waals surface area contributed by atoms with Gasteiger partial charge in [-0.25, -0.2) is 9.97 Å². The molecule has 0 spiro atoms. The van der Waals surface area contributed by atoms with Crippen molar-refractivity contribution in [2.24, 2.45) is 10.2 Å². The Morgan fingerprint density at radius 3 is 2.74 bits per heavy atom. The van der Waals surface area contributed by atoms with Gasteiger partial charge in [0.15, 0.2) is 0 Å². The van der Waals surface area contributed by atoms with E-state index in [0.29, 0.717) is 39.7 Å². The molecule has 0 aliphatic rings. The maximum Gasteiger partial charge on any atom is 0.260 e. The molecular formula is C19H18ClN5O2. The average Bonchev–Trinajstić information content (AvgIpc) is 2.66. The van der Waals surface area contributed by atoms with Crippen molar-refractivity contribution in [1.29, 1.82) is 0 Å². The van der Waals surface area contributed by atoms with Crippen LogP contribution in [0.3, 0.4) is 0 Å². The third-order valence-corrected chi connectivity index (χ3v) is 4.44. The SMILES string of the molecule is C=N/N=C(\OC)c1ccc(-c2cc3cnc(C)nc3n(CC)c2=O)c(Cl)c1. The minimum atomic E-state index is -0.161. The van der Waals surface area contributed by atoms with Gasteiger partial charge in [0, 0.05) is 46.6 Å². The van der Waals surface area contributed by atoms with Crippen LogP contribution in [-0.2, 0) is 11.3 Å². The first-order valence-electron chi connectivity index (χ1n) is 8.25. The minimum absolute atomic E-state index is 0.161. The molecule has 0 unspecified atom stereocenters. The Kier molecular flexibility index (Phi) is 5.32. The van der Waals surface area contributed by atoms with Crippen LogP contribution in [0.15, 0.2) is 45.5 Å². The highest BCUT2D eigenvalue weighted by Crippen LogP contribution is 2.28. The predicted octanol–water partition coefficient (Wildman–Crippen LogP) is 3.45. The first kappa shape index (κ1) is 18.7. The number of fused-ring (bicyclic) bond motifs is 1. The summed E-state index contributed by atoms with van der Waals surface area (Å²) in [5.74, 6) is 0.897. The highest BCUT2D eigenvalue weighted by molar-refractivity contribution is 6.33. The fraction of sp³-hybridized carbons (Fsp3) is 0.211. The van der Waals surface area contributed by atoms with Crippen LogP contribution in [-0.4, -0.2) is 34.3 Å². The quantitative estimate of drug-likeness (QED) is 0.392. The Labute approximate surface area is 161 Å². The van der Waals surface area contributed by atoms with Crippen molar-refractivity contribution in [3.63, 3.8) is 0 Å². The fourth-order valence-corrected chi connectivity index (χ4v) is 3.16. The van der Waals surface area contributed by atoms with Crippen molar-refractivity contribution in [3.05, 3.63) is 57.2 Å². The van der Waals surface area contributed by atoms with Gasteiger partial charge in [0.2, 0.25) is 5.90 Å². The molecule has 0 aliphatic heterocycles. The molecule has 0 amide bonds. The molecule has 0 radical (unpaired) electrons. The van der Waals surface area contributed by atoms with Crippen LogP contribution in [0.5, 0.6) is 0 Å². The Morgan fingerprint density at radius 2 is 2.11 bits per heavy atom. The number of benzene rings is 1. The van der Waals surface area contributed by atoms with Crippen LogP contribution in [0.2, 0.25) is 5.02 Å². The number of nitrogens with zero attached hydrogens (tertiary/aromatic N) is 5. The molecule has 0 aliphatic carbocycles. The van der Waals surface area contributed by atoms with E-state index in [0.717, 1.165) is 5.39 Å². The summed E-state index contributed by atoms with van der Waals surface area (Å²) in [5, 5.41) is 8.46. The summed E-state index contributed by atoms with van der Waals surface area (Å²) in [6, 6.07) is 6.96. The number of aromatic nitrogens is 3. The fourth-order valence-electron chi connectivity index (χ4n) is 2.88. The van der Waals surface area contributed by atoms with E-state index in [1.807, 2.05) is 6.92 Å². The number of hydrogen-bond acceptors (Lipinski definition) is 6. The lowest BCUT2D eigenvalue weighted by Gasteiger charge is -2.12. The number of hydrogen-bond donors (Lipinski definition) is 0. The number of methoxy groups -OCH3 is 1. The van der Waals surface area contributed by atoms with E-state index in [2.05, 4.69) is 26.9 Å². The monoisotopic (exact) mass is 383 g/mol. The third kappa shape index (κ3) is 3.46. The van der Waals surface area contributed by atoms with Gasteiger partial charge in [-0.2, -0.15) is 5.10 Å². The van der Waals surface area contributed by atoms with Crippen molar-refractivity contribution in [1.82, 2.24) is 14.5 Å². The van der Waals surface area contributed by atoms with Crippen molar-refractivity contribution in [2.45, 2.75) is 20.4 Å². The zero-order chi connectivity index (χ0) is 19.6. The van der Waals surface area contributed by atoms with Crippen LogP contribution >= 0.6 is 11.6 Å². The Hall–Kier alpha value is -3.06. The Morgan fingerprint density at radius 1 is 1.33 bits per heavy atom. The van der Waals surface area contributed by atoms with Gasteiger partial charge in [-0.15, -0.1) is 5.10 Å². The largest absolute Gasteiger partial charge is 0.479 e. The average molecular weight is 384 g/mol. The van der Waals surface area contributed by atoms with E-state index in [9.17, 15) is 4.79 Å². The highest BCUT2D eigenvalue weighted by Gasteiger charge is 2.15. The van der Waals surface area contributed by atoms with E-state index in [1.54, 1.807) is 42.0 Å². The first-order chi connectivity index (χ1) is 13.0. The van der Waals surface area contributed by atoms with E-state index in [4.69, 9.17) is 16.3 Å². The number of ether oxygens (including phenoxy) is 1. The van der Waals surface area contributed by atoms with Crippen LogP contribution < -0.4 is 5.56 Å². The first-order valence-corrected chi connectivity index (χ1v) is 8.63. The molecule has 0 saturated carbocycles. The standard InChI is InChI=1S/C19H18ClN5O2/c1-5-25-17-13(10-22-11(2)23-17)8-15(19(25)26)14-7-6-12(9-16(14)20)18(27-4)24-21-3/h6-10H,3,5H2,1-2,4H3/b24-18-. The zero-order valence-electron chi connectivity index (χ0n) is 15.2. The van der Waals surface area contributed by atoms with Gasteiger partial charge >= 0.3 is 0 Å². The zero-order valence-corrected chi connectivity index (χ0v) is 16.0. The van der Waals surface area contributed by atoms with E-state index < -0.39 is 0 Å². The van der Waals surface area contributed by atoms with Crippen LogP contribution in [0.25, 0.3) is 22.2 Å². The number of halogens is 1. The van der Waals surface area contributed by atoms with E-state index >= 15 is 0 Å². The van der Waals surface area contributed by atoms with Crippen LogP contribution in [0, 0.1) is 6.92 Å². The van der Waals surface area contributed by atoms with Crippen molar-refractivity contribution in [2.75, 3.05) is 7.11 Å². The summed E-state index contributed by atoms with van der Waals surface area (Å²) in [5.41, 5.74) is 2.17. The molecule has 0 bridgehead atoms. The summed E-state index contributed by atoms with van der Waals surface area (Å²) in [4.78, 5) is 21.7. The molecule has 3 aromatic rings. The van der Waals surface area contributed by atoms with Gasteiger partial charge in [0.05, 0.1) is 7.11 Å². The molecule has 2 aromatic heterocycles. The van der Waals surface area contributed by atoms with Gasteiger partial charge in [-0.05, 0) is 32.0 Å². The summed E-state index contributed by atoms with van der Waals surface area (Å²) in [7, 11) is 1.48. The van der Waals surface area contributed by atoms with Crippen molar-refractivity contribution < 1.29 is 4.74 Å². The van der Waals surface area contributed by atoms with Crippen molar-refractivity contribution in [3.8, 4) is 11.1 Å². The molecule has 27 heavy (non-hydrogen) atoms. The molecule has 3 rings (SSSR count). The summed E-state index contributed by atoms with van der Waals surface area (Å²) in [6.07, 6.45) is 1.71. The Balaban J connectivity index is 2.22. The van der Waals surface area contributed by atoms with Crippen LogP contribution in [0.4, 0.5) is 0 Å². The third-order valence-electron chi connectivity index (χ3n) is 4.12. The number of rotatable bonds is 4. The van der Waals surface area contributed by atoms with Crippen molar-refractivity contribution >= 4 is 35.2 Å². The highest BCUT2D eigenvalue weighted by atomic mass is 35.5. The van der Waals surface area contributed by atoms with E-state index in [1.165, 1.54) is 7.11 Å². The maximum atomic E-state index is 13.0. The predicted molar refractivity (Wildman–Crippen MR) is 108 cm³/mol. The smallest absolute Gasteiger partial charge is 0.260 e. The van der Waals surface area contributed by atoms with Gasteiger partial charge in [-0.3, -0.25) is 9.36 Å². The molecule has 1 aromatic carbocycles. The molecule has 0 N–H and O–H groups in total. The summed E-state index contributed by atoms with van der Waals surface area (Å²) < 4.78 is 6.80. The number of pyridine rings is 1. The molecule has 7 nitrogen and oxygen atoms in total. The maximum absolute atomic E-state index is 13.0. The lowest BCUT2D eigenvalue weighted by Crippen LogP contribution is -2.22.